The molecule has 27 heavy (non-hydrogen) atoms. The lowest BCUT2D eigenvalue weighted by Gasteiger charge is -2.27. The minimum atomic E-state index is -0.532. The third-order valence-electron chi connectivity index (χ3n) is 4.60. The Morgan fingerprint density at radius 3 is 2.70 bits per heavy atom. The summed E-state index contributed by atoms with van der Waals surface area (Å²) in [5.41, 5.74) is 3.80. The van der Waals surface area contributed by atoms with Crippen LogP contribution in [0.25, 0.3) is 5.57 Å². The Morgan fingerprint density at radius 1 is 1.22 bits per heavy atom. The van der Waals surface area contributed by atoms with Gasteiger partial charge in [-0.2, -0.15) is 4.57 Å². The van der Waals surface area contributed by atoms with Crippen LogP contribution in [0.1, 0.15) is 50.9 Å². The lowest BCUT2D eigenvalue weighted by Crippen LogP contribution is -2.44. The van der Waals surface area contributed by atoms with Crippen molar-refractivity contribution in [1.82, 2.24) is 5.32 Å². The Balaban J connectivity index is 1.93. The Morgan fingerprint density at radius 2 is 2.00 bits per heavy atom. The maximum atomic E-state index is 12.3. The number of carbonyl (C=O) groups is 1. The van der Waals surface area contributed by atoms with Crippen LogP contribution in [0.4, 0.5) is 4.79 Å². The van der Waals surface area contributed by atoms with Crippen molar-refractivity contribution in [1.29, 1.82) is 0 Å². The van der Waals surface area contributed by atoms with Crippen molar-refractivity contribution in [2.45, 2.75) is 52.6 Å². The molecule has 0 aliphatic carbocycles. The van der Waals surface area contributed by atoms with E-state index in [0.29, 0.717) is 13.2 Å². The number of ether oxygens (including phenoxy) is 1. The van der Waals surface area contributed by atoms with Gasteiger partial charge in [0.1, 0.15) is 0 Å². The largest absolute Gasteiger partial charge is 0.443 e. The van der Waals surface area contributed by atoms with Crippen LogP contribution in [-0.2, 0) is 23.2 Å². The highest BCUT2D eigenvalue weighted by molar-refractivity contribution is 5.69. The molecule has 1 aromatic heterocycles. The van der Waals surface area contributed by atoms with Gasteiger partial charge < -0.3 is 10.1 Å². The number of allylic oxidation sites excluding steroid dienone is 1. The molecule has 0 aliphatic heterocycles. The molecule has 1 heterocycles. The molecule has 0 bridgehead atoms. The molecule has 0 saturated carbocycles. The summed E-state index contributed by atoms with van der Waals surface area (Å²) in [7, 11) is 0. The van der Waals surface area contributed by atoms with Crippen molar-refractivity contribution in [2.24, 2.45) is 0 Å². The Hall–Kier alpha value is -2.62. The lowest BCUT2D eigenvalue weighted by molar-refractivity contribution is -0.705. The maximum absolute atomic E-state index is 12.3. The molecule has 0 radical (unpaired) electrons. The van der Waals surface area contributed by atoms with Crippen LogP contribution in [0, 0.1) is 0 Å². The van der Waals surface area contributed by atoms with Gasteiger partial charge >= 0.3 is 6.09 Å². The first-order valence-electron chi connectivity index (χ1n) is 9.52. The molecule has 1 N–H and O–H groups in total. The van der Waals surface area contributed by atoms with Gasteiger partial charge in [-0.15, -0.1) is 0 Å². The number of benzene rings is 1. The van der Waals surface area contributed by atoms with Gasteiger partial charge in [0, 0.05) is 18.6 Å². The zero-order valence-electron chi connectivity index (χ0n) is 16.9. The van der Waals surface area contributed by atoms with Crippen LogP contribution in [0.3, 0.4) is 0 Å². The van der Waals surface area contributed by atoms with Gasteiger partial charge in [0.05, 0.1) is 5.54 Å². The Labute approximate surface area is 162 Å². The average Bonchev–Trinajstić information content (AvgIpc) is 2.63. The summed E-state index contributed by atoms with van der Waals surface area (Å²) in [5, 5.41) is 2.96. The van der Waals surface area contributed by atoms with Crippen LogP contribution in [0.15, 0.2) is 55.2 Å². The van der Waals surface area contributed by atoms with Crippen molar-refractivity contribution in [3.05, 3.63) is 72.1 Å². The first kappa shape index (κ1) is 20.7. The summed E-state index contributed by atoms with van der Waals surface area (Å²) < 4.78 is 7.56. The zero-order chi connectivity index (χ0) is 19.9. The van der Waals surface area contributed by atoms with Gasteiger partial charge in [0.25, 0.3) is 0 Å². The van der Waals surface area contributed by atoms with Gasteiger partial charge in [-0.05, 0) is 44.4 Å². The highest BCUT2D eigenvalue weighted by atomic mass is 16.5. The van der Waals surface area contributed by atoms with Gasteiger partial charge in [0.15, 0.2) is 25.0 Å². The van der Waals surface area contributed by atoms with E-state index in [-0.39, 0.29) is 0 Å². The van der Waals surface area contributed by atoms with Crippen LogP contribution in [0.5, 0.6) is 0 Å². The fourth-order valence-electron chi connectivity index (χ4n) is 2.99. The quantitative estimate of drug-likeness (QED) is 0.692. The summed E-state index contributed by atoms with van der Waals surface area (Å²) in [5.74, 6) is 0. The molecule has 0 aliphatic rings. The summed E-state index contributed by atoms with van der Waals surface area (Å²) in [6.07, 6.45) is 3.72. The van der Waals surface area contributed by atoms with Gasteiger partial charge in [-0.25, -0.2) is 4.79 Å². The molecule has 2 aromatic rings. The second kappa shape index (κ2) is 9.36. The van der Waals surface area contributed by atoms with Crippen molar-refractivity contribution >= 4 is 11.7 Å². The topological polar surface area (TPSA) is 42.2 Å². The predicted octanol–water partition coefficient (Wildman–Crippen LogP) is 4.62. The minimum Gasteiger partial charge on any atom is -0.443 e. The van der Waals surface area contributed by atoms with Crippen molar-refractivity contribution in [2.75, 3.05) is 6.61 Å². The van der Waals surface area contributed by atoms with Crippen molar-refractivity contribution in [3.8, 4) is 0 Å². The highest BCUT2D eigenvalue weighted by Gasteiger charge is 2.24. The van der Waals surface area contributed by atoms with E-state index in [1.165, 1.54) is 5.69 Å². The van der Waals surface area contributed by atoms with Gasteiger partial charge in [-0.1, -0.05) is 43.3 Å². The number of hydrogen-bond donors (Lipinski definition) is 1. The first-order valence-corrected chi connectivity index (χ1v) is 9.52. The Kier molecular flexibility index (Phi) is 7.17. The molecule has 2 rings (SSSR count). The van der Waals surface area contributed by atoms with Crippen molar-refractivity contribution in [3.63, 3.8) is 0 Å². The molecule has 0 atom stereocenters. The summed E-state index contributed by atoms with van der Waals surface area (Å²) in [4.78, 5) is 12.3. The van der Waals surface area contributed by atoms with Crippen LogP contribution < -0.4 is 9.88 Å². The highest BCUT2D eigenvalue weighted by Crippen LogP contribution is 2.23. The number of amides is 1. The molecule has 1 aromatic carbocycles. The molecular weight excluding hydrogens is 336 g/mol. The van der Waals surface area contributed by atoms with Crippen LogP contribution in [-0.4, -0.2) is 12.7 Å². The number of nitrogens with zero attached hydrogens (tertiary/aromatic N) is 1. The maximum Gasteiger partial charge on any atom is 0.408 e. The lowest BCUT2D eigenvalue weighted by atomic mass is 9.92. The molecule has 0 spiro atoms. The normalized spacial score (nSPS) is 11.1. The fraction of sp³-hybridized carbons (Fsp3) is 0.391. The van der Waals surface area contributed by atoms with Crippen LogP contribution >= 0.6 is 0 Å². The van der Waals surface area contributed by atoms with Gasteiger partial charge in [-0.3, -0.25) is 0 Å². The molecule has 0 saturated heterocycles. The SMILES string of the molecule is C=C(C)c1cccc(C(C)(C)NC(=O)OCC[n+]2ccccc2CCC)c1. The number of alkyl carbamates (subject to hydrolysis) is 1. The first-order chi connectivity index (χ1) is 12.8. The number of pyridine rings is 1. The molecule has 4 nitrogen and oxygen atoms in total. The number of rotatable bonds is 8. The summed E-state index contributed by atoms with van der Waals surface area (Å²) in [6, 6.07) is 14.2. The molecule has 144 valence electrons. The predicted molar refractivity (Wildman–Crippen MR) is 109 cm³/mol. The van der Waals surface area contributed by atoms with Crippen LogP contribution in [0.2, 0.25) is 0 Å². The number of aromatic nitrogens is 1. The molecular formula is C23H31N2O2+. The average molecular weight is 368 g/mol. The molecule has 0 fully saturated rings. The van der Waals surface area contributed by atoms with Gasteiger partial charge in [0.2, 0.25) is 0 Å². The third-order valence-corrected chi connectivity index (χ3v) is 4.60. The fourth-order valence-corrected chi connectivity index (χ4v) is 2.99. The van der Waals surface area contributed by atoms with E-state index in [4.69, 9.17) is 4.74 Å². The number of aryl methyl sites for hydroxylation is 1. The number of hydrogen-bond acceptors (Lipinski definition) is 2. The molecule has 1 amide bonds. The second-order valence-corrected chi connectivity index (χ2v) is 7.38. The summed E-state index contributed by atoms with van der Waals surface area (Å²) in [6.45, 7) is 13.0. The standard InChI is InChI=1S/C23H30N2O2/c1-6-10-21-13-7-8-14-25(21)15-16-27-22(26)24-23(4,5)20-12-9-11-19(17-20)18(2)3/h7-9,11-14,17H,2,6,10,15-16H2,1,3-5H3/p+1. The van der Waals surface area contributed by atoms with Crippen molar-refractivity contribution < 1.29 is 14.1 Å². The van der Waals surface area contributed by atoms with E-state index in [9.17, 15) is 4.79 Å². The summed E-state index contributed by atoms with van der Waals surface area (Å²) >= 11 is 0. The van der Waals surface area contributed by atoms with E-state index in [0.717, 1.165) is 29.5 Å². The van der Waals surface area contributed by atoms with E-state index in [1.807, 2.05) is 57.3 Å². The zero-order valence-corrected chi connectivity index (χ0v) is 16.9. The second-order valence-electron chi connectivity index (χ2n) is 7.38. The van der Waals surface area contributed by atoms with E-state index in [1.54, 1.807) is 0 Å². The monoisotopic (exact) mass is 367 g/mol. The minimum absolute atomic E-state index is 0.332. The number of carbonyl (C=O) groups excluding carboxylic acids is 1. The number of nitrogens with one attached hydrogen (secondary N) is 1. The smallest absolute Gasteiger partial charge is 0.408 e. The molecule has 0 unspecified atom stereocenters. The molecule has 4 heteroatoms. The third kappa shape index (κ3) is 5.95. The van der Waals surface area contributed by atoms with E-state index in [2.05, 4.69) is 35.5 Å². The van der Waals surface area contributed by atoms with E-state index < -0.39 is 11.6 Å². The Bertz CT molecular complexity index is 796. The van der Waals surface area contributed by atoms with E-state index >= 15 is 0 Å².